The number of hydrogen-bond donors (Lipinski definition) is 0. The van der Waals surface area contributed by atoms with E-state index in [0.29, 0.717) is 11.3 Å². The van der Waals surface area contributed by atoms with Crippen LogP contribution >= 0.6 is 11.6 Å². The number of benzene rings is 1. The van der Waals surface area contributed by atoms with E-state index < -0.39 is 5.82 Å². The summed E-state index contributed by atoms with van der Waals surface area (Å²) in [7, 11) is 1.45. The Bertz CT molecular complexity index is 640. The average Bonchev–Trinajstić information content (AvgIpc) is 2.37. The number of aromatic nitrogens is 2. The Labute approximate surface area is 108 Å². The van der Waals surface area contributed by atoms with Crippen LogP contribution in [0.1, 0.15) is 5.56 Å². The maximum Gasteiger partial charge on any atom is 0.226 e. The van der Waals surface area contributed by atoms with Gasteiger partial charge >= 0.3 is 0 Å². The number of nitriles is 1. The average molecular weight is 264 g/mol. The number of hydrogen-bond acceptors (Lipinski definition) is 4. The number of rotatable bonds is 2. The van der Waals surface area contributed by atoms with E-state index in [0.717, 1.165) is 0 Å². The molecule has 0 unspecified atom stereocenters. The van der Waals surface area contributed by atoms with Crippen molar-refractivity contribution >= 4 is 11.6 Å². The second-order valence-electron chi connectivity index (χ2n) is 3.37. The minimum atomic E-state index is -0.608. The molecule has 0 saturated carbocycles. The van der Waals surface area contributed by atoms with Crippen LogP contribution in [0.25, 0.3) is 11.3 Å². The summed E-state index contributed by atoms with van der Waals surface area (Å²) in [6, 6.07) is 7.47. The van der Waals surface area contributed by atoms with Crippen molar-refractivity contribution in [1.29, 1.82) is 5.26 Å². The SMILES string of the molecule is COc1cc(-c2ccc(C#N)c(F)c2)nc(Cl)n1. The van der Waals surface area contributed by atoms with Crippen molar-refractivity contribution in [3.63, 3.8) is 0 Å². The molecule has 2 rings (SSSR count). The third-order valence-electron chi connectivity index (χ3n) is 2.27. The number of nitrogens with zero attached hydrogens (tertiary/aromatic N) is 3. The van der Waals surface area contributed by atoms with Gasteiger partial charge in [0.05, 0.1) is 18.4 Å². The minimum absolute atomic E-state index is 0.00844. The summed E-state index contributed by atoms with van der Waals surface area (Å²) in [5, 5.41) is 8.66. The van der Waals surface area contributed by atoms with Gasteiger partial charge in [-0.2, -0.15) is 10.2 Å². The highest BCUT2D eigenvalue weighted by Crippen LogP contribution is 2.24. The first-order valence-corrected chi connectivity index (χ1v) is 5.30. The summed E-state index contributed by atoms with van der Waals surface area (Å²) in [6.45, 7) is 0. The topological polar surface area (TPSA) is 58.8 Å². The molecule has 6 heteroatoms. The fourth-order valence-electron chi connectivity index (χ4n) is 1.41. The zero-order valence-electron chi connectivity index (χ0n) is 9.32. The Morgan fingerprint density at radius 2 is 2.11 bits per heavy atom. The smallest absolute Gasteiger partial charge is 0.226 e. The van der Waals surface area contributed by atoms with E-state index in [1.165, 1.54) is 25.3 Å². The summed E-state index contributed by atoms with van der Waals surface area (Å²) in [5.74, 6) is -0.321. The zero-order valence-corrected chi connectivity index (χ0v) is 10.1. The van der Waals surface area contributed by atoms with E-state index >= 15 is 0 Å². The lowest BCUT2D eigenvalue weighted by Crippen LogP contribution is -1.94. The van der Waals surface area contributed by atoms with Gasteiger partial charge in [0.2, 0.25) is 11.2 Å². The summed E-state index contributed by atoms with van der Waals surface area (Å²) in [4.78, 5) is 7.79. The van der Waals surface area contributed by atoms with Crippen molar-refractivity contribution in [1.82, 2.24) is 9.97 Å². The molecule has 0 aliphatic carbocycles. The molecule has 90 valence electrons. The van der Waals surface area contributed by atoms with E-state index in [1.807, 2.05) is 0 Å². The van der Waals surface area contributed by atoms with Gasteiger partial charge in [-0.3, -0.25) is 0 Å². The highest BCUT2D eigenvalue weighted by Gasteiger charge is 2.08. The molecule has 0 amide bonds. The Morgan fingerprint density at radius 3 is 2.72 bits per heavy atom. The van der Waals surface area contributed by atoms with Crippen LogP contribution in [0, 0.1) is 17.1 Å². The van der Waals surface area contributed by atoms with Gasteiger partial charge in [0.25, 0.3) is 0 Å². The zero-order chi connectivity index (χ0) is 13.1. The second-order valence-corrected chi connectivity index (χ2v) is 3.71. The fraction of sp³-hybridized carbons (Fsp3) is 0.0833. The summed E-state index contributed by atoms with van der Waals surface area (Å²) in [6.07, 6.45) is 0. The van der Waals surface area contributed by atoms with Gasteiger partial charge in [-0.25, -0.2) is 9.37 Å². The predicted octanol–water partition coefficient (Wildman–Crippen LogP) is 2.82. The summed E-state index contributed by atoms with van der Waals surface area (Å²) < 4.78 is 18.4. The lowest BCUT2D eigenvalue weighted by Gasteiger charge is -2.04. The third-order valence-corrected chi connectivity index (χ3v) is 2.44. The molecule has 0 aliphatic rings. The lowest BCUT2D eigenvalue weighted by atomic mass is 10.1. The van der Waals surface area contributed by atoms with Crippen LogP contribution in [0.3, 0.4) is 0 Å². The highest BCUT2D eigenvalue weighted by atomic mass is 35.5. The number of halogens is 2. The molecule has 0 radical (unpaired) electrons. The molecule has 0 aliphatic heterocycles. The highest BCUT2D eigenvalue weighted by molar-refractivity contribution is 6.28. The van der Waals surface area contributed by atoms with Gasteiger partial charge in [-0.1, -0.05) is 6.07 Å². The van der Waals surface area contributed by atoms with Crippen LogP contribution in [-0.4, -0.2) is 17.1 Å². The Hall–Kier alpha value is -2.19. The van der Waals surface area contributed by atoms with Crippen molar-refractivity contribution < 1.29 is 9.13 Å². The minimum Gasteiger partial charge on any atom is -0.481 e. The van der Waals surface area contributed by atoms with E-state index in [4.69, 9.17) is 21.6 Å². The third kappa shape index (κ3) is 2.39. The van der Waals surface area contributed by atoms with Crippen molar-refractivity contribution in [2.24, 2.45) is 0 Å². The lowest BCUT2D eigenvalue weighted by molar-refractivity contribution is 0.397. The molecule has 2 aromatic rings. The normalized spacial score (nSPS) is 9.89. The largest absolute Gasteiger partial charge is 0.481 e. The Balaban J connectivity index is 2.52. The monoisotopic (exact) mass is 263 g/mol. The molecular weight excluding hydrogens is 257 g/mol. The maximum atomic E-state index is 13.5. The second kappa shape index (κ2) is 4.98. The molecular formula is C12H7ClFN3O. The molecule has 0 fully saturated rings. The molecule has 1 aromatic heterocycles. The fourth-order valence-corrected chi connectivity index (χ4v) is 1.59. The van der Waals surface area contributed by atoms with Crippen LogP contribution in [-0.2, 0) is 0 Å². The molecule has 0 bridgehead atoms. The van der Waals surface area contributed by atoms with Crippen LogP contribution < -0.4 is 4.74 Å². The van der Waals surface area contributed by atoms with Crippen LogP contribution in [0.4, 0.5) is 4.39 Å². The van der Waals surface area contributed by atoms with Gasteiger partial charge in [-0.15, -0.1) is 0 Å². The Morgan fingerprint density at radius 1 is 1.33 bits per heavy atom. The number of methoxy groups -OCH3 is 1. The molecule has 4 nitrogen and oxygen atoms in total. The molecule has 0 spiro atoms. The van der Waals surface area contributed by atoms with Crippen molar-refractivity contribution in [3.05, 3.63) is 40.9 Å². The molecule has 18 heavy (non-hydrogen) atoms. The van der Waals surface area contributed by atoms with Crippen molar-refractivity contribution in [2.75, 3.05) is 7.11 Å². The molecule has 0 saturated heterocycles. The van der Waals surface area contributed by atoms with Crippen LogP contribution in [0.15, 0.2) is 24.3 Å². The van der Waals surface area contributed by atoms with E-state index in [2.05, 4.69) is 9.97 Å². The van der Waals surface area contributed by atoms with Gasteiger partial charge in [-0.05, 0) is 23.7 Å². The van der Waals surface area contributed by atoms with Gasteiger partial charge < -0.3 is 4.74 Å². The van der Waals surface area contributed by atoms with Gasteiger partial charge in [0.15, 0.2) is 0 Å². The van der Waals surface area contributed by atoms with Crippen LogP contribution in [0.5, 0.6) is 5.88 Å². The van der Waals surface area contributed by atoms with Gasteiger partial charge in [0, 0.05) is 11.6 Å². The summed E-state index contributed by atoms with van der Waals surface area (Å²) >= 11 is 5.73. The van der Waals surface area contributed by atoms with E-state index in [1.54, 1.807) is 12.1 Å². The van der Waals surface area contributed by atoms with Crippen molar-refractivity contribution in [2.45, 2.75) is 0 Å². The molecule has 0 N–H and O–H groups in total. The van der Waals surface area contributed by atoms with Crippen LogP contribution in [0.2, 0.25) is 5.28 Å². The van der Waals surface area contributed by atoms with Crippen molar-refractivity contribution in [3.8, 4) is 23.2 Å². The van der Waals surface area contributed by atoms with Gasteiger partial charge in [0.1, 0.15) is 11.9 Å². The van der Waals surface area contributed by atoms with E-state index in [-0.39, 0.29) is 16.7 Å². The molecule has 1 heterocycles. The molecule has 0 atom stereocenters. The first kappa shape index (κ1) is 12.3. The summed E-state index contributed by atoms with van der Waals surface area (Å²) in [5.41, 5.74) is 0.898. The molecule has 1 aromatic carbocycles. The van der Waals surface area contributed by atoms with E-state index in [9.17, 15) is 4.39 Å². The first-order valence-electron chi connectivity index (χ1n) is 4.92. The number of ether oxygens (including phenoxy) is 1. The standard InChI is InChI=1S/C12H7ClFN3O/c1-18-11-5-10(16-12(13)17-11)7-2-3-8(6-15)9(14)4-7/h2-5H,1H3. The predicted molar refractivity (Wildman–Crippen MR) is 63.7 cm³/mol. The quantitative estimate of drug-likeness (QED) is 0.782. The Kier molecular flexibility index (Phi) is 3.40. The maximum absolute atomic E-state index is 13.5. The first-order chi connectivity index (χ1) is 8.63.